The lowest BCUT2D eigenvalue weighted by atomic mass is 9.83. The van der Waals surface area contributed by atoms with Gasteiger partial charge >= 0.3 is 12.3 Å². The molecule has 2 atom stereocenters. The van der Waals surface area contributed by atoms with Crippen LogP contribution in [0.25, 0.3) is 0 Å². The SMILES string of the molecule is Nc1c(C(=O)N2CCC[C@@]3(C2)OC(=O)Nc2ccc(Cl)c(F)c23)cnn1C(c1ccccc1)C(F)(F)F. The van der Waals surface area contributed by atoms with Crippen LogP contribution in [0, 0.1) is 5.82 Å². The van der Waals surface area contributed by atoms with E-state index < -0.39 is 41.5 Å². The van der Waals surface area contributed by atoms with Gasteiger partial charge in [0.25, 0.3) is 5.91 Å². The largest absolute Gasteiger partial charge is 0.436 e. The summed E-state index contributed by atoms with van der Waals surface area (Å²) in [4.78, 5) is 27.0. The van der Waals surface area contributed by atoms with Gasteiger partial charge in [-0.15, -0.1) is 0 Å². The number of benzene rings is 2. The first kappa shape index (κ1) is 24.9. The number of likely N-dealkylation sites (tertiary alicyclic amines) is 1. The molecular weight excluding hydrogens is 518 g/mol. The maximum Gasteiger partial charge on any atom is 0.415 e. The van der Waals surface area contributed by atoms with E-state index in [0.717, 1.165) is 6.20 Å². The van der Waals surface area contributed by atoms with Crippen molar-refractivity contribution in [1.29, 1.82) is 0 Å². The Bertz CT molecular complexity index is 1380. The number of nitrogens with one attached hydrogen (secondary N) is 1. The summed E-state index contributed by atoms with van der Waals surface area (Å²) in [5.41, 5.74) is 4.30. The fourth-order valence-corrected chi connectivity index (χ4v) is 5.12. The molecule has 0 radical (unpaired) electrons. The Hall–Kier alpha value is -3.80. The van der Waals surface area contributed by atoms with Crippen molar-refractivity contribution >= 4 is 35.1 Å². The highest BCUT2D eigenvalue weighted by molar-refractivity contribution is 6.31. The van der Waals surface area contributed by atoms with Crippen molar-refractivity contribution in [1.82, 2.24) is 14.7 Å². The van der Waals surface area contributed by atoms with Crippen LogP contribution >= 0.6 is 11.6 Å². The highest BCUT2D eigenvalue weighted by atomic mass is 35.5. The summed E-state index contributed by atoms with van der Waals surface area (Å²) in [5, 5.41) is 6.04. The Kier molecular flexibility index (Phi) is 6.01. The van der Waals surface area contributed by atoms with Gasteiger partial charge in [-0.05, 0) is 30.5 Å². The van der Waals surface area contributed by atoms with Crippen LogP contribution in [0.15, 0.2) is 48.7 Å². The number of hydrogen-bond donors (Lipinski definition) is 2. The zero-order valence-corrected chi connectivity index (χ0v) is 19.8. The average molecular weight is 538 g/mol. The summed E-state index contributed by atoms with van der Waals surface area (Å²) in [7, 11) is 0. The minimum atomic E-state index is -4.75. The third kappa shape index (κ3) is 4.24. The number of aromatic nitrogens is 2. The molecule has 2 aliphatic heterocycles. The first-order valence-electron chi connectivity index (χ1n) is 11.2. The van der Waals surface area contributed by atoms with Gasteiger partial charge in [0.1, 0.15) is 11.4 Å². The van der Waals surface area contributed by atoms with Crippen LogP contribution in [-0.4, -0.2) is 45.9 Å². The molecule has 5 rings (SSSR count). The molecule has 0 bridgehead atoms. The van der Waals surface area contributed by atoms with Crippen molar-refractivity contribution < 1.29 is 31.9 Å². The van der Waals surface area contributed by atoms with Gasteiger partial charge in [-0.1, -0.05) is 41.9 Å². The van der Waals surface area contributed by atoms with Gasteiger partial charge in [-0.3, -0.25) is 10.1 Å². The van der Waals surface area contributed by atoms with Gasteiger partial charge < -0.3 is 15.4 Å². The van der Waals surface area contributed by atoms with Gasteiger partial charge in [0.05, 0.1) is 29.0 Å². The van der Waals surface area contributed by atoms with Crippen LogP contribution in [0.5, 0.6) is 0 Å². The van der Waals surface area contributed by atoms with Crippen LogP contribution in [0.3, 0.4) is 0 Å². The van der Waals surface area contributed by atoms with Crippen molar-refractivity contribution in [2.45, 2.75) is 30.7 Å². The molecule has 3 heterocycles. The van der Waals surface area contributed by atoms with Crippen molar-refractivity contribution in [3.8, 4) is 0 Å². The predicted octanol–water partition coefficient (Wildman–Crippen LogP) is 5.10. The lowest BCUT2D eigenvalue weighted by molar-refractivity contribution is -0.158. The van der Waals surface area contributed by atoms with Crippen LogP contribution in [0.1, 0.15) is 40.4 Å². The first-order chi connectivity index (χ1) is 17.5. The number of alkyl halides is 3. The van der Waals surface area contributed by atoms with Crippen LogP contribution < -0.4 is 11.1 Å². The zero-order valence-electron chi connectivity index (χ0n) is 19.1. The topological polar surface area (TPSA) is 102 Å². The van der Waals surface area contributed by atoms with Gasteiger partial charge in [0.2, 0.25) is 0 Å². The average Bonchev–Trinajstić information content (AvgIpc) is 3.21. The van der Waals surface area contributed by atoms with Crippen LogP contribution in [-0.2, 0) is 10.3 Å². The Balaban J connectivity index is 1.50. The van der Waals surface area contributed by atoms with Gasteiger partial charge in [-0.2, -0.15) is 18.3 Å². The molecule has 0 aliphatic carbocycles. The summed E-state index contributed by atoms with van der Waals surface area (Å²) in [6, 6.07) is 7.58. The van der Waals surface area contributed by atoms with Crippen LogP contribution in [0.2, 0.25) is 5.02 Å². The van der Waals surface area contributed by atoms with Crippen molar-refractivity contribution in [2.24, 2.45) is 0 Å². The molecule has 2 amide bonds. The first-order valence-corrected chi connectivity index (χ1v) is 11.6. The molecule has 13 heteroatoms. The van der Waals surface area contributed by atoms with E-state index in [2.05, 4.69) is 10.4 Å². The Morgan fingerprint density at radius 1 is 1.22 bits per heavy atom. The number of rotatable bonds is 3. The molecule has 3 N–H and O–H groups in total. The van der Waals surface area contributed by atoms with Crippen molar-refractivity contribution in [2.75, 3.05) is 24.1 Å². The standard InChI is InChI=1S/C24H20ClF4N5O3/c25-15-7-8-16-17(18(15)26)23(37-22(36)32-16)9-4-10-33(12-23)21(35)14-11-31-34(20(14)30)19(24(27,28)29)13-5-2-1-3-6-13/h1-3,5-8,11,19H,4,9-10,12,30H2,(H,32,36)/t19?,23-/m0/s1. The number of fused-ring (bicyclic) bond motifs is 2. The molecule has 1 saturated heterocycles. The predicted molar refractivity (Wildman–Crippen MR) is 126 cm³/mol. The third-order valence-electron chi connectivity index (χ3n) is 6.55. The Morgan fingerprint density at radius 2 is 1.95 bits per heavy atom. The fourth-order valence-electron chi connectivity index (χ4n) is 4.96. The second kappa shape index (κ2) is 8.94. The molecule has 1 spiro atoms. The molecule has 8 nitrogen and oxygen atoms in total. The van der Waals surface area contributed by atoms with Crippen LogP contribution in [0.4, 0.5) is 33.9 Å². The molecule has 0 saturated carbocycles. The molecule has 2 aliphatic rings. The van der Waals surface area contributed by atoms with Gasteiger partial charge in [-0.25, -0.2) is 13.9 Å². The highest BCUT2D eigenvalue weighted by Gasteiger charge is 2.49. The number of ether oxygens (including phenoxy) is 1. The number of carbonyl (C=O) groups excluding carboxylic acids is 2. The molecule has 1 aromatic heterocycles. The fraction of sp³-hybridized carbons (Fsp3) is 0.292. The number of piperidine rings is 1. The van der Waals surface area contributed by atoms with E-state index >= 15 is 4.39 Å². The lowest BCUT2D eigenvalue weighted by Crippen LogP contribution is -2.53. The summed E-state index contributed by atoms with van der Waals surface area (Å²) >= 11 is 5.98. The number of anilines is 2. The normalized spacial score (nSPS) is 20.2. The third-order valence-corrected chi connectivity index (χ3v) is 6.84. The monoisotopic (exact) mass is 537 g/mol. The number of nitrogen functional groups attached to an aromatic ring is 1. The maximum absolute atomic E-state index is 15.1. The summed E-state index contributed by atoms with van der Waals surface area (Å²) in [6.07, 6.45) is -4.09. The minimum absolute atomic E-state index is 0.00183. The van der Waals surface area contributed by atoms with E-state index in [0.29, 0.717) is 11.1 Å². The van der Waals surface area contributed by atoms with E-state index in [1.54, 1.807) is 6.07 Å². The van der Waals surface area contributed by atoms with Crippen molar-refractivity contribution in [3.63, 3.8) is 0 Å². The maximum atomic E-state index is 15.1. The lowest BCUT2D eigenvalue weighted by Gasteiger charge is -2.45. The van der Waals surface area contributed by atoms with E-state index in [-0.39, 0.29) is 46.9 Å². The molecule has 1 unspecified atom stereocenters. The molecular formula is C24H20ClF4N5O3. The summed E-state index contributed by atoms with van der Waals surface area (Å²) in [5.74, 6) is -2.00. The van der Waals surface area contributed by atoms with Gasteiger partial charge in [0.15, 0.2) is 17.5 Å². The molecule has 3 aromatic rings. The highest BCUT2D eigenvalue weighted by Crippen LogP contribution is 2.45. The summed E-state index contributed by atoms with van der Waals surface area (Å²) in [6.45, 7) is -0.0788. The second-order valence-electron chi connectivity index (χ2n) is 8.87. The number of halogens is 5. The number of carbonyl (C=O) groups is 2. The Labute approximate surface area is 212 Å². The zero-order chi connectivity index (χ0) is 26.5. The van der Waals surface area contributed by atoms with E-state index in [9.17, 15) is 22.8 Å². The van der Waals surface area contributed by atoms with Crippen molar-refractivity contribution in [3.05, 3.63) is 76.2 Å². The molecule has 37 heavy (non-hydrogen) atoms. The molecule has 1 fully saturated rings. The van der Waals surface area contributed by atoms with E-state index in [1.165, 1.54) is 41.3 Å². The quantitative estimate of drug-likeness (QED) is 0.452. The number of nitrogens with zero attached hydrogens (tertiary/aromatic N) is 3. The van der Waals surface area contributed by atoms with E-state index in [1.807, 2.05) is 0 Å². The number of hydrogen-bond acceptors (Lipinski definition) is 5. The smallest absolute Gasteiger partial charge is 0.415 e. The number of amides is 2. The molecule has 2 aromatic carbocycles. The number of nitrogens with two attached hydrogens (primary N) is 1. The molecule has 194 valence electrons. The van der Waals surface area contributed by atoms with Gasteiger partial charge in [0, 0.05) is 6.54 Å². The Morgan fingerprint density at radius 3 is 2.65 bits per heavy atom. The second-order valence-corrected chi connectivity index (χ2v) is 9.27. The minimum Gasteiger partial charge on any atom is -0.436 e. The van der Waals surface area contributed by atoms with E-state index in [4.69, 9.17) is 22.1 Å². The summed E-state index contributed by atoms with van der Waals surface area (Å²) < 4.78 is 63.2.